The summed E-state index contributed by atoms with van der Waals surface area (Å²) in [6, 6.07) is 87.8. The second-order valence-corrected chi connectivity index (χ2v) is 15.3. The largest absolute Gasteiger partial charge is 0.310 e. The number of para-hydroxylation sites is 2. The van der Waals surface area contributed by atoms with Crippen LogP contribution in [0.15, 0.2) is 243 Å². The molecule has 0 radical (unpaired) electrons. The van der Waals surface area contributed by atoms with E-state index in [0.717, 1.165) is 22.6 Å². The van der Waals surface area contributed by atoms with Gasteiger partial charge in [-0.2, -0.15) is 0 Å². The average molecular weight is 765 g/mol. The van der Waals surface area contributed by atoms with Crippen molar-refractivity contribution in [3.63, 3.8) is 0 Å². The number of anilines is 3. The normalized spacial score (nSPS) is 11.3. The molecule has 2 nitrogen and oxygen atoms in total. The molecule has 282 valence electrons. The zero-order valence-corrected chi connectivity index (χ0v) is 33.0. The van der Waals surface area contributed by atoms with Crippen molar-refractivity contribution in [2.24, 2.45) is 0 Å². The topological polar surface area (TPSA) is 8.17 Å². The summed E-state index contributed by atoms with van der Waals surface area (Å²) in [6.45, 7) is 0. The number of rotatable bonds is 8. The predicted molar refractivity (Wildman–Crippen MR) is 255 cm³/mol. The summed E-state index contributed by atoms with van der Waals surface area (Å²) in [4.78, 5) is 2.41. The van der Waals surface area contributed by atoms with Gasteiger partial charge in [0.1, 0.15) is 0 Å². The van der Waals surface area contributed by atoms with Crippen LogP contribution in [0, 0.1) is 0 Å². The number of nitrogens with zero attached hydrogens (tertiary/aromatic N) is 2. The first kappa shape index (κ1) is 35.2. The second-order valence-electron chi connectivity index (χ2n) is 15.3. The monoisotopic (exact) mass is 764 g/mol. The number of aromatic nitrogens is 1. The van der Waals surface area contributed by atoms with E-state index in [1.807, 2.05) is 0 Å². The van der Waals surface area contributed by atoms with Crippen molar-refractivity contribution in [3.05, 3.63) is 243 Å². The van der Waals surface area contributed by atoms with Crippen LogP contribution in [0.5, 0.6) is 0 Å². The molecule has 0 N–H and O–H groups in total. The molecule has 11 rings (SSSR count). The zero-order chi connectivity index (χ0) is 39.8. The average Bonchev–Trinajstić information content (AvgIpc) is 3.67. The first-order valence-electron chi connectivity index (χ1n) is 20.6. The van der Waals surface area contributed by atoms with Gasteiger partial charge in [-0.05, 0) is 92.9 Å². The van der Waals surface area contributed by atoms with Gasteiger partial charge in [-0.3, -0.25) is 0 Å². The molecule has 0 bridgehead atoms. The maximum absolute atomic E-state index is 2.45. The summed E-state index contributed by atoms with van der Waals surface area (Å²) < 4.78 is 2.45. The molecule has 0 aliphatic rings. The Labute approximate surface area is 350 Å². The number of fused-ring (bicyclic) bond motifs is 4. The highest BCUT2D eigenvalue weighted by molar-refractivity contribution is 6.17. The van der Waals surface area contributed by atoms with Gasteiger partial charge in [0, 0.05) is 33.1 Å². The Balaban J connectivity index is 1.07. The van der Waals surface area contributed by atoms with Crippen LogP contribution < -0.4 is 4.90 Å². The van der Waals surface area contributed by atoms with Gasteiger partial charge in [0.15, 0.2) is 0 Å². The predicted octanol–water partition coefficient (Wildman–Crippen LogP) is 16.1. The summed E-state index contributed by atoms with van der Waals surface area (Å²) >= 11 is 0. The van der Waals surface area contributed by atoms with E-state index >= 15 is 0 Å². The van der Waals surface area contributed by atoms with Gasteiger partial charge in [-0.15, -0.1) is 0 Å². The van der Waals surface area contributed by atoms with Crippen molar-refractivity contribution in [2.75, 3.05) is 4.90 Å². The van der Waals surface area contributed by atoms with E-state index in [4.69, 9.17) is 0 Å². The van der Waals surface area contributed by atoms with E-state index in [0.29, 0.717) is 0 Å². The highest BCUT2D eigenvalue weighted by Gasteiger charge is 2.22. The standard InChI is InChI=1S/C58H40N2/c1-3-15-41(16-4-1)43-29-31-44(32-30-43)46-35-39-49(40-36-46)59(48-37-33-45(34-38-48)42-17-5-2-6-18-42)55-25-11-9-22-51(55)52-24-14-28-57-58(52)53-23-10-12-26-56(53)60(57)54-27-13-20-47-19-7-8-21-50(47)54/h1-40H. The minimum atomic E-state index is 1.09. The van der Waals surface area contributed by atoms with Crippen molar-refractivity contribution < 1.29 is 0 Å². The van der Waals surface area contributed by atoms with E-state index in [-0.39, 0.29) is 0 Å². The Kier molecular flexibility index (Phi) is 8.87. The Morgan fingerprint density at radius 3 is 1.35 bits per heavy atom. The molecule has 0 aliphatic heterocycles. The van der Waals surface area contributed by atoms with Gasteiger partial charge in [0.2, 0.25) is 0 Å². The van der Waals surface area contributed by atoms with Gasteiger partial charge in [-0.25, -0.2) is 0 Å². The maximum atomic E-state index is 2.45. The van der Waals surface area contributed by atoms with E-state index in [1.54, 1.807) is 0 Å². The fraction of sp³-hybridized carbons (Fsp3) is 0. The number of benzene rings is 10. The molecule has 0 amide bonds. The third kappa shape index (κ3) is 6.23. The third-order valence-corrected chi connectivity index (χ3v) is 11.8. The molecule has 0 saturated carbocycles. The quantitative estimate of drug-likeness (QED) is 0.150. The van der Waals surface area contributed by atoms with E-state index in [2.05, 4.69) is 252 Å². The molecule has 60 heavy (non-hydrogen) atoms. The molecule has 1 heterocycles. The van der Waals surface area contributed by atoms with Crippen LogP contribution >= 0.6 is 0 Å². The summed E-state index contributed by atoms with van der Waals surface area (Å²) in [7, 11) is 0. The van der Waals surface area contributed by atoms with Crippen molar-refractivity contribution >= 4 is 49.6 Å². The first-order valence-corrected chi connectivity index (χ1v) is 20.6. The van der Waals surface area contributed by atoms with Gasteiger partial charge >= 0.3 is 0 Å². The fourth-order valence-corrected chi connectivity index (χ4v) is 8.95. The van der Waals surface area contributed by atoms with E-state index in [1.165, 1.54) is 77.2 Å². The molecule has 0 atom stereocenters. The molecule has 0 unspecified atom stereocenters. The van der Waals surface area contributed by atoms with Gasteiger partial charge in [0.05, 0.1) is 22.4 Å². The van der Waals surface area contributed by atoms with Crippen LogP contribution in [-0.4, -0.2) is 4.57 Å². The molecule has 0 saturated heterocycles. The Morgan fingerprint density at radius 2 is 0.717 bits per heavy atom. The Hall–Kier alpha value is -7.94. The highest BCUT2D eigenvalue weighted by Crippen LogP contribution is 2.46. The molecule has 10 aromatic carbocycles. The first-order chi connectivity index (χ1) is 29.8. The summed E-state index contributed by atoms with van der Waals surface area (Å²) in [6.07, 6.45) is 0. The van der Waals surface area contributed by atoms with Crippen molar-refractivity contribution in [1.82, 2.24) is 4.57 Å². The SMILES string of the molecule is c1ccc(-c2ccc(-c3ccc(N(c4ccc(-c5ccccc5)cc4)c4ccccc4-c4cccc5c4c4ccccc4n5-c4cccc5ccccc45)cc3)cc2)cc1. The lowest BCUT2D eigenvalue weighted by Crippen LogP contribution is -2.11. The van der Waals surface area contributed by atoms with Crippen LogP contribution in [0.25, 0.3) is 82.8 Å². The van der Waals surface area contributed by atoms with Crippen molar-refractivity contribution in [2.45, 2.75) is 0 Å². The minimum Gasteiger partial charge on any atom is -0.310 e. The summed E-state index contributed by atoms with van der Waals surface area (Å²) in [5.74, 6) is 0. The van der Waals surface area contributed by atoms with Crippen molar-refractivity contribution in [1.29, 1.82) is 0 Å². The molecule has 1 aromatic heterocycles. The fourth-order valence-electron chi connectivity index (χ4n) is 8.95. The lowest BCUT2D eigenvalue weighted by atomic mass is 9.96. The van der Waals surface area contributed by atoms with Gasteiger partial charge in [0.25, 0.3) is 0 Å². The number of hydrogen-bond acceptors (Lipinski definition) is 1. The summed E-state index contributed by atoms with van der Waals surface area (Å²) in [5.41, 5.74) is 16.4. The van der Waals surface area contributed by atoms with Gasteiger partial charge < -0.3 is 9.47 Å². The smallest absolute Gasteiger partial charge is 0.0547 e. The summed E-state index contributed by atoms with van der Waals surface area (Å²) in [5, 5.41) is 4.93. The Bertz CT molecular complexity index is 3270. The maximum Gasteiger partial charge on any atom is 0.0547 e. The molecule has 0 aliphatic carbocycles. The highest BCUT2D eigenvalue weighted by atomic mass is 15.1. The lowest BCUT2D eigenvalue weighted by Gasteiger charge is -2.28. The van der Waals surface area contributed by atoms with E-state index in [9.17, 15) is 0 Å². The van der Waals surface area contributed by atoms with Crippen LogP contribution in [0.2, 0.25) is 0 Å². The third-order valence-electron chi connectivity index (χ3n) is 11.8. The van der Waals surface area contributed by atoms with Crippen molar-refractivity contribution in [3.8, 4) is 50.2 Å². The van der Waals surface area contributed by atoms with Crippen LogP contribution in [0.4, 0.5) is 17.1 Å². The zero-order valence-electron chi connectivity index (χ0n) is 33.0. The molecule has 0 spiro atoms. The van der Waals surface area contributed by atoms with Crippen LogP contribution in [-0.2, 0) is 0 Å². The second kappa shape index (κ2) is 15.1. The lowest BCUT2D eigenvalue weighted by molar-refractivity contribution is 1.20. The molecular weight excluding hydrogens is 725 g/mol. The number of hydrogen-bond donors (Lipinski definition) is 0. The minimum absolute atomic E-state index is 1.09. The van der Waals surface area contributed by atoms with Crippen LogP contribution in [0.3, 0.4) is 0 Å². The Morgan fingerprint density at radius 1 is 0.283 bits per heavy atom. The van der Waals surface area contributed by atoms with Gasteiger partial charge in [-0.1, -0.05) is 194 Å². The van der Waals surface area contributed by atoms with E-state index < -0.39 is 0 Å². The molecule has 11 aromatic rings. The molecule has 0 fully saturated rings. The molecular formula is C58H40N2. The molecule has 2 heteroatoms. The van der Waals surface area contributed by atoms with Crippen LogP contribution in [0.1, 0.15) is 0 Å².